The maximum Gasteiger partial charge on any atom is 0.274 e. The summed E-state index contributed by atoms with van der Waals surface area (Å²) in [5.74, 6) is 0.438. The molecule has 0 bridgehead atoms. The Bertz CT molecular complexity index is 736. The molecule has 1 atom stereocenters. The number of rotatable bonds is 3. The summed E-state index contributed by atoms with van der Waals surface area (Å²) in [6.45, 7) is 5.60. The number of likely N-dealkylation sites (N-methyl/N-ethyl adjacent to an activating group) is 1. The number of aromatic nitrogens is 3. The van der Waals surface area contributed by atoms with Crippen LogP contribution in [0.25, 0.3) is 5.82 Å². The van der Waals surface area contributed by atoms with E-state index in [1.807, 2.05) is 19.9 Å². The highest BCUT2D eigenvalue weighted by atomic mass is 35.5. The first-order chi connectivity index (χ1) is 11.0. The summed E-state index contributed by atoms with van der Waals surface area (Å²) in [6.07, 6.45) is 0.941. The normalized spacial score (nSPS) is 17.5. The summed E-state index contributed by atoms with van der Waals surface area (Å²) in [7, 11) is 1.80. The monoisotopic (exact) mass is 333 g/mol. The highest BCUT2D eigenvalue weighted by molar-refractivity contribution is 6.33. The van der Waals surface area contributed by atoms with Crippen LogP contribution >= 0.6 is 11.6 Å². The van der Waals surface area contributed by atoms with Gasteiger partial charge in [0.1, 0.15) is 5.69 Å². The van der Waals surface area contributed by atoms with E-state index in [1.54, 1.807) is 28.8 Å². The lowest BCUT2D eigenvalue weighted by Crippen LogP contribution is -2.39. The summed E-state index contributed by atoms with van der Waals surface area (Å²) in [6, 6.07) is 5.62. The van der Waals surface area contributed by atoms with Gasteiger partial charge in [-0.15, -0.1) is 0 Å². The van der Waals surface area contributed by atoms with Crippen LogP contribution in [0.4, 0.5) is 0 Å². The Balaban J connectivity index is 1.94. The average Bonchev–Trinajstić information content (AvgIpc) is 3.16. The topological polar surface area (TPSA) is 63.1 Å². The maximum atomic E-state index is 12.7. The van der Waals surface area contributed by atoms with Crippen LogP contribution < -0.4 is 5.32 Å². The van der Waals surface area contributed by atoms with Gasteiger partial charge in [-0.05, 0) is 45.0 Å². The van der Waals surface area contributed by atoms with Crippen molar-refractivity contribution in [3.63, 3.8) is 0 Å². The molecule has 0 unspecified atom stereocenters. The van der Waals surface area contributed by atoms with Crippen molar-refractivity contribution in [1.29, 1.82) is 0 Å². The Morgan fingerprint density at radius 3 is 2.83 bits per heavy atom. The molecule has 1 amide bonds. The van der Waals surface area contributed by atoms with Crippen molar-refractivity contribution in [1.82, 2.24) is 25.0 Å². The Kier molecular flexibility index (Phi) is 4.37. The fraction of sp³-hybridized carbons (Fsp3) is 0.438. The smallest absolute Gasteiger partial charge is 0.274 e. The quantitative estimate of drug-likeness (QED) is 0.932. The van der Waals surface area contributed by atoms with Crippen molar-refractivity contribution in [2.75, 3.05) is 20.1 Å². The second-order valence-electron chi connectivity index (χ2n) is 5.90. The molecule has 122 valence electrons. The number of halogens is 1. The number of carbonyl (C=O) groups is 1. The van der Waals surface area contributed by atoms with Crippen molar-refractivity contribution >= 4 is 17.5 Å². The van der Waals surface area contributed by atoms with E-state index in [2.05, 4.69) is 15.4 Å². The molecular formula is C16H20ClN5O. The van der Waals surface area contributed by atoms with Gasteiger partial charge in [-0.1, -0.05) is 11.6 Å². The molecule has 1 aliphatic heterocycles. The van der Waals surface area contributed by atoms with Crippen LogP contribution in [0.5, 0.6) is 0 Å². The number of amides is 1. The minimum absolute atomic E-state index is 0.160. The molecule has 0 radical (unpaired) electrons. The number of nitrogens with zero attached hydrogens (tertiary/aromatic N) is 4. The van der Waals surface area contributed by atoms with Crippen molar-refractivity contribution in [3.8, 4) is 5.82 Å². The highest BCUT2D eigenvalue weighted by Gasteiger charge is 2.26. The molecule has 0 aliphatic carbocycles. The molecule has 3 heterocycles. The SMILES string of the molecule is Cc1cc(C)n(-c2ccc(Cl)c(C(=O)N(C)[C@@H]3CCNC3)n2)n1. The molecular weight excluding hydrogens is 314 g/mol. The zero-order valence-corrected chi connectivity index (χ0v) is 14.3. The lowest BCUT2D eigenvalue weighted by molar-refractivity contribution is 0.0738. The minimum atomic E-state index is -0.160. The molecule has 6 nitrogen and oxygen atoms in total. The maximum absolute atomic E-state index is 12.7. The largest absolute Gasteiger partial charge is 0.336 e. The van der Waals surface area contributed by atoms with Crippen LogP contribution in [-0.4, -0.2) is 51.8 Å². The number of hydrogen-bond donors (Lipinski definition) is 1. The van der Waals surface area contributed by atoms with E-state index in [4.69, 9.17) is 11.6 Å². The van der Waals surface area contributed by atoms with Crippen molar-refractivity contribution in [3.05, 3.63) is 40.3 Å². The van der Waals surface area contributed by atoms with E-state index in [1.165, 1.54) is 0 Å². The number of carbonyl (C=O) groups excluding carboxylic acids is 1. The second kappa shape index (κ2) is 6.29. The van der Waals surface area contributed by atoms with E-state index in [0.29, 0.717) is 10.8 Å². The van der Waals surface area contributed by atoms with E-state index >= 15 is 0 Å². The van der Waals surface area contributed by atoms with Crippen LogP contribution in [0, 0.1) is 13.8 Å². The van der Waals surface area contributed by atoms with Crippen LogP contribution in [0.3, 0.4) is 0 Å². The Morgan fingerprint density at radius 1 is 1.43 bits per heavy atom. The van der Waals surface area contributed by atoms with E-state index in [-0.39, 0.29) is 17.6 Å². The van der Waals surface area contributed by atoms with Gasteiger partial charge in [0.2, 0.25) is 0 Å². The molecule has 0 saturated carbocycles. The molecule has 3 rings (SSSR count). The first-order valence-electron chi connectivity index (χ1n) is 7.65. The third kappa shape index (κ3) is 3.09. The van der Waals surface area contributed by atoms with Gasteiger partial charge < -0.3 is 10.2 Å². The lowest BCUT2D eigenvalue weighted by Gasteiger charge is -2.23. The summed E-state index contributed by atoms with van der Waals surface area (Å²) in [5.41, 5.74) is 2.14. The van der Waals surface area contributed by atoms with Crippen LogP contribution in [0.15, 0.2) is 18.2 Å². The van der Waals surface area contributed by atoms with Crippen molar-refractivity contribution < 1.29 is 4.79 Å². The van der Waals surface area contributed by atoms with Gasteiger partial charge in [0.15, 0.2) is 5.82 Å². The van der Waals surface area contributed by atoms with Gasteiger partial charge in [0.25, 0.3) is 5.91 Å². The molecule has 0 spiro atoms. The van der Waals surface area contributed by atoms with Crippen molar-refractivity contribution in [2.24, 2.45) is 0 Å². The fourth-order valence-electron chi connectivity index (χ4n) is 2.86. The van der Waals surface area contributed by atoms with E-state index < -0.39 is 0 Å². The zero-order chi connectivity index (χ0) is 16.6. The third-order valence-corrected chi connectivity index (χ3v) is 4.47. The first kappa shape index (κ1) is 16.0. The molecule has 23 heavy (non-hydrogen) atoms. The number of nitrogens with one attached hydrogen (secondary N) is 1. The number of pyridine rings is 1. The summed E-state index contributed by atoms with van der Waals surface area (Å²) in [4.78, 5) is 18.9. The lowest BCUT2D eigenvalue weighted by atomic mass is 10.2. The standard InChI is InChI=1S/C16H20ClN5O/c1-10-8-11(2)22(20-10)14-5-4-13(17)15(19-14)16(23)21(3)12-6-7-18-9-12/h4-5,8,12,18H,6-7,9H2,1-3H3/t12-/m1/s1. The van der Waals surface area contributed by atoms with Crippen LogP contribution in [0.2, 0.25) is 5.02 Å². The predicted octanol–water partition coefficient (Wildman–Crippen LogP) is 1.97. The first-order valence-corrected chi connectivity index (χ1v) is 8.03. The van der Waals surface area contributed by atoms with Gasteiger partial charge in [-0.3, -0.25) is 4.79 Å². The van der Waals surface area contributed by atoms with Crippen molar-refractivity contribution in [2.45, 2.75) is 26.3 Å². The molecule has 0 aromatic carbocycles. The molecule has 2 aromatic heterocycles. The Morgan fingerprint density at radius 2 is 2.22 bits per heavy atom. The second-order valence-corrected chi connectivity index (χ2v) is 6.31. The van der Waals surface area contributed by atoms with Gasteiger partial charge in [-0.2, -0.15) is 5.10 Å². The Labute approximate surface area is 140 Å². The predicted molar refractivity (Wildman–Crippen MR) is 89.2 cm³/mol. The minimum Gasteiger partial charge on any atom is -0.336 e. The van der Waals surface area contributed by atoms with Crippen LogP contribution in [-0.2, 0) is 0 Å². The van der Waals surface area contributed by atoms with Gasteiger partial charge >= 0.3 is 0 Å². The fourth-order valence-corrected chi connectivity index (χ4v) is 3.05. The molecule has 1 fully saturated rings. The number of aryl methyl sites for hydroxylation is 2. The van der Waals surface area contributed by atoms with Crippen LogP contribution in [0.1, 0.15) is 28.3 Å². The number of hydrogen-bond acceptors (Lipinski definition) is 4. The van der Waals surface area contributed by atoms with E-state index in [0.717, 1.165) is 30.9 Å². The molecule has 1 aliphatic rings. The van der Waals surface area contributed by atoms with Gasteiger partial charge in [0.05, 0.1) is 10.7 Å². The summed E-state index contributed by atoms with van der Waals surface area (Å²) < 4.78 is 1.72. The van der Waals surface area contributed by atoms with Gasteiger partial charge in [-0.25, -0.2) is 9.67 Å². The molecule has 1 N–H and O–H groups in total. The molecule has 1 saturated heterocycles. The van der Waals surface area contributed by atoms with Gasteiger partial charge in [0, 0.05) is 25.3 Å². The highest BCUT2D eigenvalue weighted by Crippen LogP contribution is 2.20. The molecule has 7 heteroatoms. The summed E-state index contributed by atoms with van der Waals surface area (Å²) in [5, 5.41) is 8.03. The average molecular weight is 334 g/mol. The summed E-state index contributed by atoms with van der Waals surface area (Å²) >= 11 is 6.22. The third-order valence-electron chi connectivity index (χ3n) is 4.16. The molecule has 2 aromatic rings. The zero-order valence-electron chi connectivity index (χ0n) is 13.5. The Hall–Kier alpha value is -1.92. The van der Waals surface area contributed by atoms with E-state index in [9.17, 15) is 4.79 Å².